The molecule has 1 atom stereocenters. The summed E-state index contributed by atoms with van der Waals surface area (Å²) in [6.45, 7) is 0.289. The third-order valence-corrected chi connectivity index (χ3v) is 1.32. The molecule has 0 aromatic carbocycles. The van der Waals surface area contributed by atoms with Crippen molar-refractivity contribution in [1.29, 1.82) is 0 Å². The van der Waals surface area contributed by atoms with E-state index < -0.39 is 0 Å². The quantitative estimate of drug-likeness (QED) is 0.511. The molecule has 0 saturated heterocycles. The van der Waals surface area contributed by atoms with Crippen LogP contribution in [0.1, 0.15) is 11.9 Å². The molecule has 6 heteroatoms. The Morgan fingerprint density at radius 3 is 2.91 bits per heavy atom. The smallest absolute Gasteiger partial charge is 0.340 e. The van der Waals surface area contributed by atoms with Crippen LogP contribution in [0.5, 0.6) is 0 Å². The lowest BCUT2D eigenvalue weighted by atomic mass is 10.3. The Balaban J connectivity index is 2.81. The second kappa shape index (κ2) is 3.31. The molecule has 0 amide bonds. The standard InChI is InChI=1S/C5H10N4O2/c1-11-3(2-6)4-7-5(10)9-8-4/h3H,2,6H2,1H3,(H2,7,8,9,10). The van der Waals surface area contributed by atoms with E-state index in [2.05, 4.69) is 15.2 Å². The van der Waals surface area contributed by atoms with E-state index in [-0.39, 0.29) is 18.3 Å². The second-order valence-electron chi connectivity index (χ2n) is 2.02. The maximum absolute atomic E-state index is 10.6. The number of aromatic amines is 2. The third-order valence-electron chi connectivity index (χ3n) is 1.32. The lowest BCUT2D eigenvalue weighted by molar-refractivity contribution is 0.103. The zero-order valence-corrected chi connectivity index (χ0v) is 6.13. The van der Waals surface area contributed by atoms with E-state index in [4.69, 9.17) is 10.5 Å². The maximum Gasteiger partial charge on any atom is 0.340 e. The second-order valence-corrected chi connectivity index (χ2v) is 2.02. The van der Waals surface area contributed by atoms with Crippen molar-refractivity contribution in [3.05, 3.63) is 16.3 Å². The highest BCUT2D eigenvalue weighted by Gasteiger charge is 2.11. The highest BCUT2D eigenvalue weighted by atomic mass is 16.5. The van der Waals surface area contributed by atoms with Crippen molar-refractivity contribution in [2.24, 2.45) is 5.73 Å². The molecule has 0 aliphatic heterocycles. The monoisotopic (exact) mass is 158 g/mol. The number of hydrogen-bond acceptors (Lipinski definition) is 4. The zero-order valence-electron chi connectivity index (χ0n) is 6.13. The van der Waals surface area contributed by atoms with E-state index >= 15 is 0 Å². The van der Waals surface area contributed by atoms with Crippen LogP contribution in [0, 0.1) is 0 Å². The Morgan fingerprint density at radius 2 is 2.55 bits per heavy atom. The summed E-state index contributed by atoms with van der Waals surface area (Å²) in [5, 5.41) is 5.88. The van der Waals surface area contributed by atoms with Gasteiger partial charge in [0.1, 0.15) is 6.10 Å². The Labute approximate surface area is 62.8 Å². The van der Waals surface area contributed by atoms with Crippen LogP contribution in [0.15, 0.2) is 4.79 Å². The largest absolute Gasteiger partial charge is 0.372 e. The van der Waals surface area contributed by atoms with Gasteiger partial charge in [0.2, 0.25) is 0 Å². The van der Waals surface area contributed by atoms with Gasteiger partial charge in [-0.1, -0.05) is 0 Å². The lowest BCUT2D eigenvalue weighted by Crippen LogP contribution is -2.16. The third kappa shape index (κ3) is 1.66. The highest BCUT2D eigenvalue weighted by Crippen LogP contribution is 2.05. The van der Waals surface area contributed by atoms with Crippen LogP contribution >= 0.6 is 0 Å². The first-order valence-electron chi connectivity index (χ1n) is 3.15. The van der Waals surface area contributed by atoms with Crippen LogP contribution in [0.2, 0.25) is 0 Å². The SMILES string of the molecule is COC(CN)c1n[nH]c(=O)[nH]1. The molecule has 0 bridgehead atoms. The van der Waals surface area contributed by atoms with E-state index in [1.165, 1.54) is 7.11 Å². The van der Waals surface area contributed by atoms with Gasteiger partial charge in [-0.05, 0) is 0 Å². The molecule has 1 rings (SSSR count). The fourth-order valence-electron chi connectivity index (χ4n) is 0.755. The van der Waals surface area contributed by atoms with Gasteiger partial charge in [0.25, 0.3) is 0 Å². The molecule has 4 N–H and O–H groups in total. The minimum atomic E-state index is -0.351. The van der Waals surface area contributed by atoms with Crippen molar-refractivity contribution in [2.75, 3.05) is 13.7 Å². The van der Waals surface area contributed by atoms with Gasteiger partial charge in [0.15, 0.2) is 5.82 Å². The minimum Gasteiger partial charge on any atom is -0.372 e. The molecule has 0 fully saturated rings. The van der Waals surface area contributed by atoms with Gasteiger partial charge in [0.05, 0.1) is 0 Å². The molecule has 1 unspecified atom stereocenters. The molecule has 0 radical (unpaired) electrons. The number of hydrogen-bond donors (Lipinski definition) is 3. The number of nitrogens with two attached hydrogens (primary N) is 1. The van der Waals surface area contributed by atoms with E-state index in [0.717, 1.165) is 0 Å². The van der Waals surface area contributed by atoms with Gasteiger partial charge in [0, 0.05) is 13.7 Å². The summed E-state index contributed by atoms with van der Waals surface area (Å²) in [6.07, 6.45) is -0.339. The van der Waals surface area contributed by atoms with Crippen LogP contribution in [-0.4, -0.2) is 28.8 Å². The fourth-order valence-corrected chi connectivity index (χ4v) is 0.755. The molecule has 1 heterocycles. The zero-order chi connectivity index (χ0) is 8.27. The summed E-state index contributed by atoms with van der Waals surface area (Å²) < 4.78 is 4.92. The topological polar surface area (TPSA) is 96.8 Å². The van der Waals surface area contributed by atoms with Crippen LogP contribution in [-0.2, 0) is 4.74 Å². The first kappa shape index (κ1) is 7.96. The molecule has 0 aliphatic carbocycles. The van der Waals surface area contributed by atoms with Gasteiger partial charge in [-0.2, -0.15) is 5.10 Å². The minimum absolute atomic E-state index is 0.289. The average molecular weight is 158 g/mol. The van der Waals surface area contributed by atoms with E-state index in [1.807, 2.05) is 0 Å². The molecular formula is C5H10N4O2. The molecule has 0 saturated carbocycles. The summed E-state index contributed by atoms with van der Waals surface area (Å²) in [7, 11) is 1.50. The summed E-state index contributed by atoms with van der Waals surface area (Å²) in [5.74, 6) is 0.431. The highest BCUT2D eigenvalue weighted by molar-refractivity contribution is 4.87. The summed E-state index contributed by atoms with van der Waals surface area (Å²) in [4.78, 5) is 13.0. The number of methoxy groups -OCH3 is 1. The molecule has 1 aromatic heterocycles. The first-order valence-corrected chi connectivity index (χ1v) is 3.15. The van der Waals surface area contributed by atoms with Crippen molar-refractivity contribution in [3.63, 3.8) is 0 Å². The number of nitrogens with zero attached hydrogens (tertiary/aromatic N) is 1. The van der Waals surface area contributed by atoms with Crippen LogP contribution in [0.4, 0.5) is 0 Å². The van der Waals surface area contributed by atoms with Gasteiger partial charge in [-0.15, -0.1) is 0 Å². The lowest BCUT2D eigenvalue weighted by Gasteiger charge is -2.07. The van der Waals surface area contributed by atoms with Gasteiger partial charge in [-0.3, -0.25) is 4.98 Å². The van der Waals surface area contributed by atoms with Crippen LogP contribution < -0.4 is 11.4 Å². The van der Waals surface area contributed by atoms with Crippen LogP contribution in [0.3, 0.4) is 0 Å². The van der Waals surface area contributed by atoms with Crippen molar-refractivity contribution < 1.29 is 4.74 Å². The number of aromatic nitrogens is 3. The molecule has 0 spiro atoms. The van der Waals surface area contributed by atoms with Gasteiger partial charge >= 0.3 is 5.69 Å². The number of rotatable bonds is 3. The Morgan fingerprint density at radius 1 is 1.82 bits per heavy atom. The van der Waals surface area contributed by atoms with Gasteiger partial charge in [-0.25, -0.2) is 9.89 Å². The number of H-pyrrole nitrogens is 2. The van der Waals surface area contributed by atoms with Crippen molar-refractivity contribution >= 4 is 0 Å². The molecular weight excluding hydrogens is 148 g/mol. The fraction of sp³-hybridized carbons (Fsp3) is 0.600. The van der Waals surface area contributed by atoms with E-state index in [9.17, 15) is 4.79 Å². The summed E-state index contributed by atoms with van der Waals surface area (Å²) in [5.41, 5.74) is 4.97. The van der Waals surface area contributed by atoms with Crippen LogP contribution in [0.25, 0.3) is 0 Å². The number of nitrogens with one attached hydrogen (secondary N) is 2. The van der Waals surface area contributed by atoms with Crippen molar-refractivity contribution in [3.8, 4) is 0 Å². The molecule has 6 nitrogen and oxygen atoms in total. The van der Waals surface area contributed by atoms with Gasteiger partial charge < -0.3 is 10.5 Å². The molecule has 11 heavy (non-hydrogen) atoms. The molecule has 0 aliphatic rings. The summed E-state index contributed by atoms with van der Waals surface area (Å²) in [6, 6.07) is 0. The predicted octanol–water partition coefficient (Wildman–Crippen LogP) is -1.26. The molecule has 1 aromatic rings. The normalized spacial score (nSPS) is 13.3. The summed E-state index contributed by atoms with van der Waals surface area (Å²) >= 11 is 0. The maximum atomic E-state index is 10.6. The Hall–Kier alpha value is -1.14. The average Bonchev–Trinajstić information content (AvgIpc) is 2.39. The van der Waals surface area contributed by atoms with E-state index in [1.54, 1.807) is 0 Å². The Kier molecular flexibility index (Phi) is 2.40. The van der Waals surface area contributed by atoms with E-state index in [0.29, 0.717) is 5.82 Å². The number of ether oxygens (including phenoxy) is 1. The molecule has 62 valence electrons. The first-order chi connectivity index (χ1) is 5.27. The van der Waals surface area contributed by atoms with Crippen molar-refractivity contribution in [2.45, 2.75) is 6.10 Å². The predicted molar refractivity (Wildman–Crippen MR) is 38.0 cm³/mol. The van der Waals surface area contributed by atoms with Crippen molar-refractivity contribution in [1.82, 2.24) is 15.2 Å². The Bertz CT molecular complexity index is 261.